The lowest BCUT2D eigenvalue weighted by Crippen LogP contribution is -2.12. The molecule has 1 aliphatic carbocycles. The molecule has 3 aromatic rings. The zero-order valence-electron chi connectivity index (χ0n) is 11.8. The lowest BCUT2D eigenvalue weighted by atomic mass is 9.96. The fourth-order valence-electron chi connectivity index (χ4n) is 3.36. The molecular formula is C17H18FN3. The van der Waals surface area contributed by atoms with Gasteiger partial charge in [0.15, 0.2) is 0 Å². The summed E-state index contributed by atoms with van der Waals surface area (Å²) in [5.41, 5.74) is 3.01. The number of benzene rings is 1. The highest BCUT2D eigenvalue weighted by molar-refractivity contribution is 5.95. The molecule has 0 aliphatic heterocycles. The largest absolute Gasteiger partial charge is 0.360 e. The van der Waals surface area contributed by atoms with Crippen molar-refractivity contribution < 1.29 is 4.39 Å². The van der Waals surface area contributed by atoms with Crippen molar-refractivity contribution in [1.82, 2.24) is 14.8 Å². The van der Waals surface area contributed by atoms with Crippen LogP contribution in [0.25, 0.3) is 22.0 Å². The first-order valence-corrected chi connectivity index (χ1v) is 7.62. The topological polar surface area (TPSA) is 33.6 Å². The Hall–Kier alpha value is -2.10. The van der Waals surface area contributed by atoms with Crippen molar-refractivity contribution in [3.63, 3.8) is 0 Å². The van der Waals surface area contributed by atoms with Crippen LogP contribution in [-0.2, 0) is 0 Å². The minimum Gasteiger partial charge on any atom is -0.360 e. The van der Waals surface area contributed by atoms with E-state index in [1.807, 2.05) is 18.5 Å². The maximum Gasteiger partial charge on any atom is 0.125 e. The van der Waals surface area contributed by atoms with Crippen LogP contribution < -0.4 is 0 Å². The van der Waals surface area contributed by atoms with Gasteiger partial charge in [0.1, 0.15) is 5.82 Å². The second kappa shape index (κ2) is 5.02. The first kappa shape index (κ1) is 12.6. The molecule has 2 heterocycles. The zero-order chi connectivity index (χ0) is 14.2. The Morgan fingerprint density at radius 3 is 2.90 bits per heavy atom. The third kappa shape index (κ3) is 2.24. The van der Waals surface area contributed by atoms with Crippen LogP contribution in [0.2, 0.25) is 0 Å². The van der Waals surface area contributed by atoms with E-state index in [4.69, 9.17) is 0 Å². The van der Waals surface area contributed by atoms with Gasteiger partial charge in [0.25, 0.3) is 0 Å². The van der Waals surface area contributed by atoms with E-state index in [9.17, 15) is 4.39 Å². The van der Waals surface area contributed by atoms with Gasteiger partial charge in [-0.15, -0.1) is 0 Å². The van der Waals surface area contributed by atoms with E-state index in [1.54, 1.807) is 0 Å². The summed E-state index contributed by atoms with van der Waals surface area (Å²) in [6.45, 7) is 0. The van der Waals surface area contributed by atoms with Gasteiger partial charge in [-0.3, -0.25) is 4.68 Å². The molecule has 108 valence electrons. The van der Waals surface area contributed by atoms with E-state index < -0.39 is 0 Å². The van der Waals surface area contributed by atoms with Crippen molar-refractivity contribution in [2.45, 2.75) is 38.1 Å². The number of aromatic nitrogens is 3. The fourth-order valence-corrected chi connectivity index (χ4v) is 3.36. The number of fused-ring (bicyclic) bond motifs is 1. The highest BCUT2D eigenvalue weighted by Crippen LogP contribution is 2.32. The molecule has 1 aromatic carbocycles. The Bertz CT molecular complexity index is 765. The molecule has 3 nitrogen and oxygen atoms in total. The molecule has 1 saturated carbocycles. The van der Waals surface area contributed by atoms with E-state index in [1.165, 1.54) is 44.2 Å². The Kier molecular flexibility index (Phi) is 3.02. The van der Waals surface area contributed by atoms with Crippen LogP contribution in [0.1, 0.15) is 38.1 Å². The van der Waals surface area contributed by atoms with Crippen LogP contribution in [0, 0.1) is 5.82 Å². The van der Waals surface area contributed by atoms with Gasteiger partial charge in [-0.2, -0.15) is 5.10 Å². The van der Waals surface area contributed by atoms with Crippen molar-refractivity contribution in [3.05, 3.63) is 42.6 Å². The predicted octanol–water partition coefficient (Wildman–Crippen LogP) is 4.68. The molecule has 2 aromatic heterocycles. The highest BCUT2D eigenvalue weighted by atomic mass is 19.1. The van der Waals surface area contributed by atoms with Gasteiger partial charge in [0.05, 0.1) is 12.2 Å². The number of rotatable bonds is 2. The summed E-state index contributed by atoms with van der Waals surface area (Å²) in [4.78, 5) is 3.14. The first-order chi connectivity index (χ1) is 10.3. The van der Waals surface area contributed by atoms with Gasteiger partial charge in [0.2, 0.25) is 0 Å². The Labute approximate surface area is 122 Å². The van der Waals surface area contributed by atoms with Crippen LogP contribution in [0.3, 0.4) is 0 Å². The number of aromatic amines is 1. The SMILES string of the molecule is Fc1ccc2c(-c3cnn(C4CCCCC4)c3)c[nH]c2c1. The Balaban J connectivity index is 1.70. The van der Waals surface area contributed by atoms with Crippen molar-refractivity contribution in [2.75, 3.05) is 0 Å². The number of hydrogen-bond donors (Lipinski definition) is 1. The average molecular weight is 283 g/mol. The monoisotopic (exact) mass is 283 g/mol. The molecular weight excluding hydrogens is 265 g/mol. The molecule has 0 unspecified atom stereocenters. The fraction of sp³-hybridized carbons (Fsp3) is 0.353. The van der Waals surface area contributed by atoms with Crippen molar-refractivity contribution in [3.8, 4) is 11.1 Å². The second-order valence-corrected chi connectivity index (χ2v) is 5.89. The molecule has 21 heavy (non-hydrogen) atoms. The van der Waals surface area contributed by atoms with E-state index in [2.05, 4.69) is 21.0 Å². The molecule has 0 amide bonds. The molecule has 0 bridgehead atoms. The lowest BCUT2D eigenvalue weighted by molar-refractivity contribution is 0.329. The number of nitrogens with zero attached hydrogens (tertiary/aromatic N) is 2. The summed E-state index contributed by atoms with van der Waals surface area (Å²) in [6.07, 6.45) is 12.4. The number of nitrogens with one attached hydrogen (secondary N) is 1. The van der Waals surface area contributed by atoms with Gasteiger partial charge >= 0.3 is 0 Å². The van der Waals surface area contributed by atoms with Crippen LogP contribution in [0.5, 0.6) is 0 Å². The van der Waals surface area contributed by atoms with Gasteiger partial charge in [-0.1, -0.05) is 19.3 Å². The molecule has 1 N–H and O–H groups in total. The molecule has 4 heteroatoms. The number of H-pyrrole nitrogens is 1. The van der Waals surface area contributed by atoms with Gasteiger partial charge in [-0.05, 0) is 31.0 Å². The smallest absolute Gasteiger partial charge is 0.125 e. The minimum atomic E-state index is -0.214. The van der Waals surface area contributed by atoms with E-state index in [-0.39, 0.29) is 5.82 Å². The lowest BCUT2D eigenvalue weighted by Gasteiger charge is -2.21. The van der Waals surface area contributed by atoms with Crippen LogP contribution in [0.4, 0.5) is 4.39 Å². The molecule has 1 aliphatic rings. The normalized spacial score (nSPS) is 16.6. The Morgan fingerprint density at radius 2 is 2.05 bits per heavy atom. The maximum atomic E-state index is 13.3. The van der Waals surface area contributed by atoms with Gasteiger partial charge in [-0.25, -0.2) is 4.39 Å². The van der Waals surface area contributed by atoms with E-state index in [0.29, 0.717) is 6.04 Å². The van der Waals surface area contributed by atoms with Crippen LogP contribution in [-0.4, -0.2) is 14.8 Å². The summed E-state index contributed by atoms with van der Waals surface area (Å²) in [6, 6.07) is 5.40. The predicted molar refractivity (Wildman–Crippen MR) is 81.6 cm³/mol. The molecule has 1 fully saturated rings. The number of halogens is 1. The molecule has 0 atom stereocenters. The second-order valence-electron chi connectivity index (χ2n) is 5.89. The van der Waals surface area contributed by atoms with Crippen LogP contribution in [0.15, 0.2) is 36.8 Å². The molecule has 0 saturated heterocycles. The van der Waals surface area contributed by atoms with E-state index >= 15 is 0 Å². The first-order valence-electron chi connectivity index (χ1n) is 7.62. The molecule has 4 rings (SSSR count). The quantitative estimate of drug-likeness (QED) is 0.728. The average Bonchev–Trinajstić information content (AvgIpc) is 3.13. The maximum absolute atomic E-state index is 13.3. The Morgan fingerprint density at radius 1 is 1.19 bits per heavy atom. The van der Waals surface area contributed by atoms with Crippen molar-refractivity contribution in [2.24, 2.45) is 0 Å². The van der Waals surface area contributed by atoms with Crippen molar-refractivity contribution >= 4 is 10.9 Å². The molecule has 0 radical (unpaired) electrons. The standard InChI is InChI=1S/C17H18FN3/c18-13-6-7-15-16(10-19-17(15)8-13)12-9-20-21(11-12)14-4-2-1-3-5-14/h6-11,14,19H,1-5H2. The summed E-state index contributed by atoms with van der Waals surface area (Å²) in [5.74, 6) is -0.214. The number of hydrogen-bond acceptors (Lipinski definition) is 1. The summed E-state index contributed by atoms with van der Waals surface area (Å²) in [5, 5.41) is 5.59. The van der Waals surface area contributed by atoms with Gasteiger partial charge in [0, 0.05) is 34.4 Å². The summed E-state index contributed by atoms with van der Waals surface area (Å²) < 4.78 is 15.4. The minimum absolute atomic E-state index is 0.214. The third-order valence-electron chi connectivity index (χ3n) is 4.51. The zero-order valence-corrected chi connectivity index (χ0v) is 11.8. The van der Waals surface area contributed by atoms with E-state index in [0.717, 1.165) is 22.0 Å². The third-order valence-corrected chi connectivity index (χ3v) is 4.51. The van der Waals surface area contributed by atoms with Crippen molar-refractivity contribution in [1.29, 1.82) is 0 Å². The highest BCUT2D eigenvalue weighted by Gasteiger charge is 2.17. The molecule has 0 spiro atoms. The summed E-state index contributed by atoms with van der Waals surface area (Å²) in [7, 11) is 0. The van der Waals surface area contributed by atoms with Crippen LogP contribution >= 0.6 is 0 Å². The summed E-state index contributed by atoms with van der Waals surface area (Å²) >= 11 is 0. The van der Waals surface area contributed by atoms with Gasteiger partial charge < -0.3 is 4.98 Å².